The highest BCUT2D eigenvalue weighted by Crippen LogP contribution is 2.46. The number of halogens is 1. The molecule has 0 aliphatic carbocycles. The van der Waals surface area contributed by atoms with E-state index in [0.29, 0.717) is 54.9 Å². The van der Waals surface area contributed by atoms with Crippen LogP contribution in [-0.2, 0) is 10.5 Å². The van der Waals surface area contributed by atoms with E-state index in [0.717, 1.165) is 11.3 Å². The number of anilines is 1. The van der Waals surface area contributed by atoms with Crippen LogP contribution in [0.25, 0.3) is 0 Å². The third-order valence-corrected chi connectivity index (χ3v) is 9.73. The van der Waals surface area contributed by atoms with Gasteiger partial charge in [0.1, 0.15) is 5.82 Å². The number of nitrogens with zero attached hydrogens (tertiary/aromatic N) is 4. The molecule has 0 fully saturated rings. The van der Waals surface area contributed by atoms with E-state index in [1.807, 2.05) is 13.8 Å². The van der Waals surface area contributed by atoms with Gasteiger partial charge in [-0.15, -0.1) is 21.5 Å². The Morgan fingerprint density at radius 1 is 1.14 bits per heavy atom. The number of hydrogen-bond donors (Lipinski definition) is 1. The number of aliphatic hydroxyl groups excluding tert-OH is 1. The number of aromatic nitrogens is 3. The third-order valence-electron chi connectivity index (χ3n) is 6.55. The molecule has 1 N–H and O–H groups in total. The molecule has 1 unspecified atom stereocenters. The molecule has 3 heterocycles. The lowest BCUT2D eigenvalue weighted by atomic mass is 9.95. The number of aliphatic hydroxyl groups is 1. The number of benzene rings is 2. The second-order valence-corrected chi connectivity index (χ2v) is 13.5. The standard InChI is InChI=1S/C30H29FN4O5S3/c1-15(2)13-40-21-11-10-18(12-22(21)39-5)24-23(25(36)27-16(3)32-17(4)42-27)26(37)28(38)35(24)29-33-34-30(43-29)41-14-19-8-6-7-9-20(19)31/h6-12,15,24,37H,13-14H2,1-5H3. The zero-order valence-corrected chi connectivity index (χ0v) is 26.5. The lowest BCUT2D eigenvalue weighted by molar-refractivity contribution is -0.117. The molecule has 1 atom stereocenters. The number of methoxy groups -OCH3 is 1. The van der Waals surface area contributed by atoms with Gasteiger partial charge in [-0.25, -0.2) is 9.37 Å². The van der Waals surface area contributed by atoms with Gasteiger partial charge in [-0.05, 0) is 49.1 Å². The zero-order chi connectivity index (χ0) is 30.8. The normalized spacial score (nSPS) is 15.1. The highest BCUT2D eigenvalue weighted by molar-refractivity contribution is 8.00. The van der Waals surface area contributed by atoms with Crippen molar-refractivity contribution >= 4 is 51.3 Å². The Labute approximate surface area is 260 Å². The first-order valence-corrected chi connectivity index (χ1v) is 16.0. The molecule has 9 nitrogen and oxygen atoms in total. The van der Waals surface area contributed by atoms with Crippen molar-refractivity contribution in [2.75, 3.05) is 18.6 Å². The van der Waals surface area contributed by atoms with Crippen LogP contribution in [0.2, 0.25) is 0 Å². The van der Waals surface area contributed by atoms with Gasteiger partial charge in [-0.2, -0.15) is 0 Å². The number of hydrogen-bond acceptors (Lipinski definition) is 11. The van der Waals surface area contributed by atoms with E-state index in [1.54, 1.807) is 50.2 Å². The summed E-state index contributed by atoms with van der Waals surface area (Å²) in [6.45, 7) is 8.03. The van der Waals surface area contributed by atoms with Gasteiger partial charge in [-0.1, -0.05) is 61.2 Å². The highest BCUT2D eigenvalue weighted by Gasteiger charge is 2.47. The van der Waals surface area contributed by atoms with Gasteiger partial charge in [0, 0.05) is 5.75 Å². The molecule has 2 aromatic carbocycles. The minimum atomic E-state index is -1.03. The molecule has 2 aromatic heterocycles. The number of aryl methyl sites for hydroxylation is 2. The first kappa shape index (κ1) is 30.6. The van der Waals surface area contributed by atoms with Crippen LogP contribution in [0.1, 0.15) is 51.4 Å². The minimum absolute atomic E-state index is 0.0922. The molecule has 4 aromatic rings. The van der Waals surface area contributed by atoms with Gasteiger partial charge >= 0.3 is 0 Å². The van der Waals surface area contributed by atoms with Crippen LogP contribution in [0, 0.1) is 25.6 Å². The third kappa shape index (κ3) is 6.29. The van der Waals surface area contributed by atoms with Gasteiger partial charge in [0.15, 0.2) is 21.6 Å². The molecule has 43 heavy (non-hydrogen) atoms. The maximum atomic E-state index is 14.2. The second-order valence-electron chi connectivity index (χ2n) is 10.2. The van der Waals surface area contributed by atoms with E-state index in [9.17, 15) is 19.1 Å². The number of ether oxygens (including phenoxy) is 2. The summed E-state index contributed by atoms with van der Waals surface area (Å²) in [5, 5.41) is 20.5. The molecule has 0 radical (unpaired) electrons. The van der Waals surface area contributed by atoms with Crippen LogP contribution in [0.4, 0.5) is 9.52 Å². The zero-order valence-electron chi connectivity index (χ0n) is 24.1. The van der Waals surface area contributed by atoms with Crippen molar-refractivity contribution in [1.82, 2.24) is 15.2 Å². The number of thiazole rings is 1. The number of Topliss-reactive ketones (excluding diaryl/α,β-unsaturated/α-hetero) is 1. The van der Waals surface area contributed by atoms with Crippen LogP contribution in [0.3, 0.4) is 0 Å². The summed E-state index contributed by atoms with van der Waals surface area (Å²) in [7, 11) is 1.51. The Morgan fingerprint density at radius 3 is 2.58 bits per heavy atom. The van der Waals surface area contributed by atoms with Gasteiger partial charge in [0.25, 0.3) is 5.91 Å². The summed E-state index contributed by atoms with van der Waals surface area (Å²) in [5.74, 6) is -0.769. The number of amides is 1. The van der Waals surface area contributed by atoms with Gasteiger partial charge < -0.3 is 14.6 Å². The first-order chi connectivity index (χ1) is 20.6. The summed E-state index contributed by atoms with van der Waals surface area (Å²) in [6, 6.07) is 10.6. The topological polar surface area (TPSA) is 115 Å². The maximum Gasteiger partial charge on any atom is 0.296 e. The number of thioether (sulfide) groups is 1. The molecule has 0 saturated heterocycles. The van der Waals surface area contributed by atoms with Gasteiger partial charge in [-0.3, -0.25) is 14.5 Å². The van der Waals surface area contributed by atoms with Crippen molar-refractivity contribution in [2.24, 2.45) is 5.92 Å². The Bertz CT molecular complexity index is 1720. The molecule has 1 aliphatic rings. The van der Waals surface area contributed by atoms with Crippen LogP contribution >= 0.6 is 34.4 Å². The van der Waals surface area contributed by atoms with Crippen molar-refractivity contribution in [2.45, 2.75) is 43.8 Å². The summed E-state index contributed by atoms with van der Waals surface area (Å²) in [6.07, 6.45) is 0. The minimum Gasteiger partial charge on any atom is -0.503 e. The van der Waals surface area contributed by atoms with Gasteiger partial charge in [0.2, 0.25) is 10.9 Å². The largest absolute Gasteiger partial charge is 0.503 e. The lowest BCUT2D eigenvalue weighted by Gasteiger charge is -2.25. The molecule has 1 amide bonds. The van der Waals surface area contributed by atoms with E-state index < -0.39 is 23.5 Å². The van der Waals surface area contributed by atoms with Crippen molar-refractivity contribution < 1.29 is 28.6 Å². The lowest BCUT2D eigenvalue weighted by Crippen LogP contribution is -2.31. The smallest absolute Gasteiger partial charge is 0.296 e. The van der Waals surface area contributed by atoms with Crippen LogP contribution in [-0.4, -0.2) is 45.7 Å². The van der Waals surface area contributed by atoms with E-state index in [2.05, 4.69) is 15.2 Å². The SMILES string of the molecule is COc1cc(C2C(C(=O)c3sc(C)nc3C)=C(O)C(=O)N2c2nnc(SCc3ccccc3F)s2)ccc1OCC(C)C. The average molecular weight is 641 g/mol. The van der Waals surface area contributed by atoms with Crippen molar-refractivity contribution in [3.8, 4) is 11.5 Å². The Hall–Kier alpha value is -3.81. The second kappa shape index (κ2) is 12.8. The van der Waals surface area contributed by atoms with E-state index >= 15 is 0 Å². The predicted octanol–water partition coefficient (Wildman–Crippen LogP) is 6.87. The summed E-state index contributed by atoms with van der Waals surface area (Å²) >= 11 is 3.58. The Morgan fingerprint density at radius 2 is 1.91 bits per heavy atom. The maximum absolute atomic E-state index is 14.2. The number of rotatable bonds is 11. The molecular weight excluding hydrogens is 612 g/mol. The van der Waals surface area contributed by atoms with Crippen molar-refractivity contribution in [3.63, 3.8) is 0 Å². The van der Waals surface area contributed by atoms with E-state index in [1.165, 1.54) is 41.2 Å². The average Bonchev–Trinajstić information content (AvgIpc) is 3.66. The fraction of sp³-hybridized carbons (Fsp3) is 0.300. The van der Waals surface area contributed by atoms with Crippen molar-refractivity contribution in [1.29, 1.82) is 0 Å². The molecule has 0 spiro atoms. The number of carbonyl (C=O) groups is 2. The van der Waals surface area contributed by atoms with Crippen molar-refractivity contribution in [3.05, 3.63) is 86.3 Å². The molecule has 5 rings (SSSR count). The van der Waals surface area contributed by atoms with E-state index in [4.69, 9.17) is 9.47 Å². The summed E-state index contributed by atoms with van der Waals surface area (Å²) in [5.41, 5.74) is 1.43. The molecule has 0 saturated carbocycles. The van der Waals surface area contributed by atoms with Crippen LogP contribution < -0.4 is 14.4 Å². The molecule has 13 heteroatoms. The fourth-order valence-corrected chi connectivity index (χ4v) is 7.29. The predicted molar refractivity (Wildman–Crippen MR) is 165 cm³/mol. The number of carbonyl (C=O) groups excluding carboxylic acids is 2. The molecule has 0 bridgehead atoms. The molecular formula is C30H29FN4O5S3. The van der Waals surface area contributed by atoms with E-state index in [-0.39, 0.29) is 22.4 Å². The Balaban J connectivity index is 1.54. The Kier molecular flexibility index (Phi) is 9.13. The monoisotopic (exact) mass is 640 g/mol. The summed E-state index contributed by atoms with van der Waals surface area (Å²) < 4.78 is 26.2. The quantitative estimate of drug-likeness (QED) is 0.107. The molecule has 224 valence electrons. The van der Waals surface area contributed by atoms with Gasteiger partial charge in [0.05, 0.1) is 40.9 Å². The first-order valence-electron chi connectivity index (χ1n) is 13.3. The summed E-state index contributed by atoms with van der Waals surface area (Å²) in [4.78, 5) is 33.5. The van der Waals surface area contributed by atoms with Crippen LogP contribution in [0.15, 0.2) is 58.1 Å². The number of ketones is 1. The van der Waals surface area contributed by atoms with Crippen LogP contribution in [0.5, 0.6) is 11.5 Å². The fourth-order valence-electron chi connectivity index (χ4n) is 4.56. The molecule has 1 aliphatic heterocycles. The highest BCUT2D eigenvalue weighted by atomic mass is 32.2.